The van der Waals surface area contributed by atoms with E-state index in [1.807, 2.05) is 70.6 Å². The van der Waals surface area contributed by atoms with E-state index in [0.717, 1.165) is 99.0 Å². The Morgan fingerprint density at radius 3 is 2.05 bits per heavy atom. The summed E-state index contributed by atoms with van der Waals surface area (Å²) in [5.41, 5.74) is 8.07. The van der Waals surface area contributed by atoms with Gasteiger partial charge in [-0.05, 0) is 128 Å². The highest BCUT2D eigenvalue weighted by atomic mass is 35.5. The van der Waals surface area contributed by atoms with Gasteiger partial charge >= 0.3 is 6.18 Å². The topological polar surface area (TPSA) is 177 Å². The quantitative estimate of drug-likeness (QED) is 0.102. The molecule has 6 aromatic rings. The van der Waals surface area contributed by atoms with Crippen molar-refractivity contribution < 1.29 is 37.1 Å². The third kappa shape index (κ3) is 11.3. The molecule has 4 aromatic carbocycles. The van der Waals surface area contributed by atoms with Crippen LogP contribution >= 0.6 is 11.6 Å². The Hall–Kier alpha value is -6.64. The van der Waals surface area contributed by atoms with Gasteiger partial charge in [-0.2, -0.15) is 13.2 Å². The average molecular weight is 1140 g/mol. The van der Waals surface area contributed by atoms with Gasteiger partial charge in [0, 0.05) is 114 Å². The first-order valence-electron chi connectivity index (χ1n) is 29.1. The largest absolute Gasteiger partial charge is 0.417 e. The Morgan fingerprint density at radius 2 is 1.37 bits per heavy atom. The summed E-state index contributed by atoms with van der Waals surface area (Å²) in [6.45, 7) is 9.56. The Balaban J connectivity index is 0.572. The highest BCUT2D eigenvalue weighted by Gasteiger charge is 2.55. The number of halogens is 4. The van der Waals surface area contributed by atoms with Crippen molar-refractivity contribution in [1.82, 2.24) is 44.8 Å². The molecule has 432 valence electrons. The third-order valence-corrected chi connectivity index (χ3v) is 19.2. The van der Waals surface area contributed by atoms with Crippen molar-refractivity contribution in [3.05, 3.63) is 136 Å². The fourth-order valence-electron chi connectivity index (χ4n) is 13.8. The van der Waals surface area contributed by atoms with Crippen molar-refractivity contribution in [3.8, 4) is 0 Å². The number of ether oxygens (including phenoxy) is 1. The SMILES string of the molecule is NC1(C(=O)N[C@@H](CCN2CCN(C(=O)C34CCC(CN5CCN(C(=O)c6ccc(C7CCN(C(=O)c8cccc9c(C(F)(F)F)cccc89)CC7)cc6)CC5)(CC3)OC4)CC2)c2ccc(Cl)cc2)CCN(c2ncnc3[nH]ccc23)CC1. The molecular weight excluding hydrogens is 1070 g/mol. The minimum Gasteiger partial charge on any atom is -0.373 e. The first kappa shape index (κ1) is 55.9. The van der Waals surface area contributed by atoms with Gasteiger partial charge in [0.15, 0.2) is 0 Å². The number of fused-ring (bicyclic) bond motifs is 5. The van der Waals surface area contributed by atoms with Crippen molar-refractivity contribution in [3.63, 3.8) is 0 Å². The molecule has 2 aromatic heterocycles. The monoisotopic (exact) mass is 1140 g/mol. The maximum Gasteiger partial charge on any atom is 0.417 e. The first-order chi connectivity index (χ1) is 39.6. The van der Waals surface area contributed by atoms with Gasteiger partial charge in [-0.1, -0.05) is 60.1 Å². The van der Waals surface area contributed by atoms with E-state index in [0.29, 0.717) is 107 Å². The molecule has 4 amide bonds. The minimum absolute atomic E-state index is 0.00208. The lowest BCUT2D eigenvalue weighted by Crippen LogP contribution is -2.63. The maximum atomic E-state index is 14.4. The molecule has 16 nitrogen and oxygen atoms in total. The van der Waals surface area contributed by atoms with Crippen LogP contribution in [0.3, 0.4) is 0 Å². The van der Waals surface area contributed by atoms with Crippen molar-refractivity contribution >= 4 is 62.9 Å². The van der Waals surface area contributed by atoms with Gasteiger partial charge in [-0.25, -0.2) is 9.97 Å². The fourth-order valence-corrected chi connectivity index (χ4v) is 13.9. The Labute approximate surface area is 480 Å². The Morgan fingerprint density at radius 1 is 0.707 bits per heavy atom. The summed E-state index contributed by atoms with van der Waals surface area (Å²) in [7, 11) is 0. The van der Waals surface area contributed by atoms with Crippen LogP contribution in [0.1, 0.15) is 107 Å². The summed E-state index contributed by atoms with van der Waals surface area (Å²) in [6, 6.07) is 25.7. The van der Waals surface area contributed by atoms with Crippen LogP contribution < -0.4 is 16.0 Å². The van der Waals surface area contributed by atoms with Gasteiger partial charge in [0.2, 0.25) is 11.8 Å². The summed E-state index contributed by atoms with van der Waals surface area (Å²) >= 11 is 6.30. The number of carbonyl (C=O) groups excluding carboxylic acids is 4. The molecule has 2 bridgehead atoms. The number of piperazine rings is 2. The van der Waals surface area contributed by atoms with Gasteiger partial charge < -0.3 is 40.4 Å². The van der Waals surface area contributed by atoms with E-state index in [-0.39, 0.29) is 52.1 Å². The average Bonchev–Trinajstić information content (AvgIpc) is 4.12. The van der Waals surface area contributed by atoms with Gasteiger partial charge in [0.05, 0.1) is 40.2 Å². The Bertz CT molecular complexity index is 3290. The van der Waals surface area contributed by atoms with E-state index in [1.165, 1.54) is 18.2 Å². The van der Waals surface area contributed by atoms with E-state index < -0.39 is 22.7 Å². The van der Waals surface area contributed by atoms with Gasteiger partial charge in [0.25, 0.3) is 11.8 Å². The first-order valence-corrected chi connectivity index (χ1v) is 29.5. The lowest BCUT2D eigenvalue weighted by atomic mass is 9.65. The van der Waals surface area contributed by atoms with E-state index in [9.17, 15) is 32.3 Å². The van der Waals surface area contributed by atoms with Crippen molar-refractivity contribution in [2.75, 3.05) is 103 Å². The standard InChI is InChI=1S/C62H71ClF3N11O5/c63-46-13-11-44(12-14-46)52(71-57(80)61(67)23-29-74(30-24-61)54-50-15-25-68-53(50)69-41-70-54)18-26-72-31-37-77(38-32-72)58(81)59-19-21-60(22-20-59,82-40-59)39-73-33-35-76(36-34-73)55(78)45-9-7-42(8-10-45)43-16-27-75(28-17-43)56(79)49-5-1-4-48-47(49)3-2-6-51(48)62(64,65)66/h1-15,25,41,43,52H,16-24,26-40,67H2,(H,71,80)(H,68,69,70)/t52-,59?,60?/m0/s1. The van der Waals surface area contributed by atoms with Crippen LogP contribution in [-0.2, 0) is 20.5 Å². The predicted octanol–water partition coefficient (Wildman–Crippen LogP) is 8.28. The zero-order valence-electron chi connectivity index (χ0n) is 46.1. The lowest BCUT2D eigenvalue weighted by molar-refractivity contribution is -0.203. The number of H-pyrrole nitrogens is 1. The van der Waals surface area contributed by atoms with E-state index in [2.05, 4.69) is 35.0 Å². The number of nitrogens with one attached hydrogen (secondary N) is 2. The Kier molecular flexibility index (Phi) is 15.6. The van der Waals surface area contributed by atoms with Crippen LogP contribution in [0.2, 0.25) is 5.02 Å². The second-order valence-corrected chi connectivity index (χ2v) is 24.2. The van der Waals surface area contributed by atoms with Crippen LogP contribution in [-0.4, -0.2) is 172 Å². The molecule has 13 rings (SSSR count). The smallest absolute Gasteiger partial charge is 0.373 e. The number of alkyl halides is 3. The van der Waals surface area contributed by atoms with Crippen LogP contribution in [0.5, 0.6) is 0 Å². The van der Waals surface area contributed by atoms with Gasteiger partial charge in [-0.15, -0.1) is 0 Å². The van der Waals surface area contributed by atoms with Gasteiger partial charge in [0.1, 0.15) is 17.8 Å². The maximum absolute atomic E-state index is 14.4. The van der Waals surface area contributed by atoms with Crippen LogP contribution in [0, 0.1) is 5.41 Å². The second-order valence-electron chi connectivity index (χ2n) is 23.8. The molecule has 6 aliphatic heterocycles. The summed E-state index contributed by atoms with van der Waals surface area (Å²) < 4.78 is 47.9. The lowest BCUT2D eigenvalue weighted by Gasteiger charge is -2.55. The molecule has 1 atom stereocenters. The van der Waals surface area contributed by atoms with E-state index >= 15 is 0 Å². The number of nitrogens with zero attached hydrogens (tertiary/aromatic N) is 8. The number of anilines is 1. The molecule has 4 N–H and O–H groups in total. The third-order valence-electron chi connectivity index (χ3n) is 19.0. The van der Waals surface area contributed by atoms with Crippen molar-refractivity contribution in [1.29, 1.82) is 0 Å². The number of aromatic amines is 1. The van der Waals surface area contributed by atoms with E-state index in [1.54, 1.807) is 23.4 Å². The fraction of sp³-hybridized carbons (Fsp3) is 0.484. The highest BCUT2D eigenvalue weighted by molar-refractivity contribution is 6.30. The predicted molar refractivity (Wildman–Crippen MR) is 307 cm³/mol. The molecule has 1 aliphatic carbocycles. The molecule has 0 spiro atoms. The van der Waals surface area contributed by atoms with E-state index in [4.69, 9.17) is 22.1 Å². The molecule has 1 saturated carbocycles. The number of hydrogen-bond acceptors (Lipinski definition) is 11. The molecule has 0 radical (unpaired) electrons. The van der Waals surface area contributed by atoms with Crippen LogP contribution in [0.4, 0.5) is 19.0 Å². The number of benzene rings is 4. The van der Waals surface area contributed by atoms with Gasteiger partial charge in [-0.3, -0.25) is 29.0 Å². The summed E-state index contributed by atoms with van der Waals surface area (Å²) in [4.78, 5) is 80.5. The van der Waals surface area contributed by atoms with Crippen LogP contribution in [0.15, 0.2) is 104 Å². The van der Waals surface area contributed by atoms with Crippen molar-refractivity contribution in [2.24, 2.45) is 11.1 Å². The zero-order valence-corrected chi connectivity index (χ0v) is 46.9. The number of amides is 4. The van der Waals surface area contributed by atoms with Crippen molar-refractivity contribution in [2.45, 2.75) is 87.1 Å². The number of nitrogens with two attached hydrogens (primary N) is 1. The molecule has 82 heavy (non-hydrogen) atoms. The minimum atomic E-state index is -4.52. The number of rotatable bonds is 13. The number of likely N-dealkylation sites (tertiary alicyclic amines) is 1. The molecule has 6 saturated heterocycles. The molecule has 7 fully saturated rings. The summed E-state index contributed by atoms with van der Waals surface area (Å²) in [6.07, 6.45) is 5.20. The molecule has 8 heterocycles. The zero-order chi connectivity index (χ0) is 56.8. The molecule has 7 aliphatic rings. The molecule has 20 heteroatoms. The molecular formula is C62H71ClF3N11O5. The second kappa shape index (κ2) is 22.8. The summed E-state index contributed by atoms with van der Waals surface area (Å²) in [5, 5.41) is 5.22. The number of hydrogen-bond donors (Lipinski definition) is 3. The summed E-state index contributed by atoms with van der Waals surface area (Å²) in [5.74, 6) is 0.807. The number of carbonyl (C=O) groups is 4. The van der Waals surface area contributed by atoms with Crippen LogP contribution in [0.25, 0.3) is 21.8 Å². The normalized spacial score (nSPS) is 23.3. The number of piperidine rings is 2. The molecule has 0 unspecified atom stereocenters. The number of aromatic nitrogens is 3. The highest BCUT2D eigenvalue weighted by Crippen LogP contribution is 2.50.